The van der Waals surface area contributed by atoms with Crippen LogP contribution in [0.25, 0.3) is 0 Å². The van der Waals surface area contributed by atoms with Gasteiger partial charge in [0.25, 0.3) is 0 Å². The molecule has 0 radical (unpaired) electrons. The van der Waals surface area contributed by atoms with E-state index in [1.165, 1.54) is 18.4 Å². The summed E-state index contributed by atoms with van der Waals surface area (Å²) in [5.74, 6) is 2.07. The highest BCUT2D eigenvalue weighted by Gasteiger charge is 2.28. The second-order valence-corrected chi connectivity index (χ2v) is 8.32. The summed E-state index contributed by atoms with van der Waals surface area (Å²) in [7, 11) is 0. The predicted octanol–water partition coefficient (Wildman–Crippen LogP) is 4.63. The van der Waals surface area contributed by atoms with Crippen molar-refractivity contribution < 1.29 is 4.79 Å². The van der Waals surface area contributed by atoms with Crippen LogP contribution in [-0.2, 0) is 10.5 Å². The predicted molar refractivity (Wildman–Crippen MR) is 99.6 cm³/mol. The van der Waals surface area contributed by atoms with Gasteiger partial charge in [-0.15, -0.1) is 11.8 Å². The van der Waals surface area contributed by atoms with Crippen molar-refractivity contribution in [3.8, 4) is 0 Å². The Morgan fingerprint density at radius 3 is 2.48 bits per heavy atom. The Hall–Kier alpha value is -1.29. The number of nitrogens with one attached hydrogen (secondary N) is 1. The fourth-order valence-electron chi connectivity index (χ4n) is 2.94. The first-order chi connectivity index (χ1) is 10.9. The minimum Gasteiger partial charge on any atom is -0.272 e. The summed E-state index contributed by atoms with van der Waals surface area (Å²) in [4.78, 5) is 11.9. The maximum Gasteiger partial charge on any atom is 0.250 e. The second kappa shape index (κ2) is 8.53. The SMILES string of the molecule is CC(C)(C)C1CCC(=NNC(=O)CSCc2ccccc2)CC1. The van der Waals surface area contributed by atoms with E-state index in [1.807, 2.05) is 18.2 Å². The molecule has 0 unspecified atom stereocenters. The average molecular weight is 333 g/mol. The van der Waals surface area contributed by atoms with Gasteiger partial charge in [0, 0.05) is 11.5 Å². The van der Waals surface area contributed by atoms with Crippen LogP contribution in [0, 0.1) is 11.3 Å². The molecule has 0 bridgehead atoms. The zero-order valence-corrected chi connectivity index (χ0v) is 15.3. The van der Waals surface area contributed by atoms with Gasteiger partial charge in [0.05, 0.1) is 5.75 Å². The molecule has 1 aromatic rings. The molecule has 0 atom stereocenters. The summed E-state index contributed by atoms with van der Waals surface area (Å²) in [5, 5.41) is 4.33. The van der Waals surface area contributed by atoms with Gasteiger partial charge < -0.3 is 0 Å². The maximum absolute atomic E-state index is 11.9. The van der Waals surface area contributed by atoms with Crippen molar-refractivity contribution in [2.24, 2.45) is 16.4 Å². The molecule has 1 aromatic carbocycles. The van der Waals surface area contributed by atoms with E-state index in [9.17, 15) is 4.79 Å². The number of amides is 1. The minimum atomic E-state index is -0.00336. The lowest BCUT2D eigenvalue weighted by molar-refractivity contribution is -0.118. The van der Waals surface area contributed by atoms with Gasteiger partial charge in [-0.2, -0.15) is 5.10 Å². The van der Waals surface area contributed by atoms with E-state index in [2.05, 4.69) is 43.4 Å². The number of hydrogen-bond acceptors (Lipinski definition) is 3. The third kappa shape index (κ3) is 6.38. The molecule has 1 N–H and O–H groups in total. The first kappa shape index (κ1) is 18.1. The Kier molecular flexibility index (Phi) is 6.70. The van der Waals surface area contributed by atoms with Crippen LogP contribution >= 0.6 is 11.8 Å². The summed E-state index contributed by atoms with van der Waals surface area (Å²) in [5.41, 5.74) is 5.49. The van der Waals surface area contributed by atoms with Crippen LogP contribution in [-0.4, -0.2) is 17.4 Å². The molecule has 1 aliphatic carbocycles. The molecule has 1 saturated carbocycles. The van der Waals surface area contributed by atoms with Crippen molar-refractivity contribution in [1.82, 2.24) is 5.43 Å². The van der Waals surface area contributed by atoms with Crippen molar-refractivity contribution in [2.75, 3.05) is 5.75 Å². The highest BCUT2D eigenvalue weighted by molar-refractivity contribution is 7.99. The summed E-state index contributed by atoms with van der Waals surface area (Å²) in [6, 6.07) is 10.2. The quantitative estimate of drug-likeness (QED) is 0.799. The van der Waals surface area contributed by atoms with Crippen LogP contribution in [0.5, 0.6) is 0 Å². The zero-order valence-electron chi connectivity index (χ0n) is 14.5. The molecule has 2 rings (SSSR count). The molecule has 3 nitrogen and oxygen atoms in total. The number of nitrogens with zero attached hydrogens (tertiary/aromatic N) is 1. The average Bonchev–Trinajstić information content (AvgIpc) is 2.53. The van der Waals surface area contributed by atoms with Crippen LogP contribution in [0.4, 0.5) is 0 Å². The maximum atomic E-state index is 11.9. The summed E-state index contributed by atoms with van der Waals surface area (Å²) >= 11 is 1.62. The topological polar surface area (TPSA) is 41.5 Å². The Morgan fingerprint density at radius 1 is 1.22 bits per heavy atom. The third-order valence-electron chi connectivity index (χ3n) is 4.47. The Bertz CT molecular complexity index is 524. The van der Waals surface area contributed by atoms with Gasteiger partial charge in [0.15, 0.2) is 0 Å². The van der Waals surface area contributed by atoms with Crippen molar-refractivity contribution >= 4 is 23.4 Å². The van der Waals surface area contributed by atoms with Gasteiger partial charge in [-0.25, -0.2) is 5.43 Å². The molecular weight excluding hydrogens is 304 g/mol. The number of hydrazone groups is 1. The van der Waals surface area contributed by atoms with E-state index in [-0.39, 0.29) is 5.91 Å². The molecule has 1 fully saturated rings. The van der Waals surface area contributed by atoms with E-state index >= 15 is 0 Å². The number of hydrogen-bond donors (Lipinski definition) is 1. The lowest BCUT2D eigenvalue weighted by Crippen LogP contribution is -2.28. The van der Waals surface area contributed by atoms with E-state index in [1.54, 1.807) is 11.8 Å². The molecule has 1 amide bonds. The molecular formula is C19H28N2OS. The standard InChI is InChI=1S/C19H28N2OS/c1-19(2,3)16-9-11-17(12-10-16)20-21-18(22)14-23-13-15-7-5-4-6-8-15/h4-8,16H,9-14H2,1-3H3,(H,21,22). The van der Waals surface area contributed by atoms with E-state index < -0.39 is 0 Å². The largest absolute Gasteiger partial charge is 0.272 e. The van der Waals surface area contributed by atoms with Gasteiger partial charge in [-0.1, -0.05) is 51.1 Å². The van der Waals surface area contributed by atoms with Crippen LogP contribution in [0.3, 0.4) is 0 Å². The Morgan fingerprint density at radius 2 is 1.87 bits per heavy atom. The first-order valence-corrected chi connectivity index (χ1v) is 9.56. The normalized spacial score (nSPS) is 18.6. The summed E-state index contributed by atoms with van der Waals surface area (Å²) < 4.78 is 0. The molecule has 0 heterocycles. The molecule has 4 heteroatoms. The number of thioether (sulfide) groups is 1. The van der Waals surface area contributed by atoms with Crippen LogP contribution < -0.4 is 5.43 Å². The number of carbonyl (C=O) groups excluding carboxylic acids is 1. The monoisotopic (exact) mass is 332 g/mol. The summed E-state index contributed by atoms with van der Waals surface area (Å²) in [6.07, 6.45) is 4.39. The van der Waals surface area contributed by atoms with Crippen molar-refractivity contribution in [1.29, 1.82) is 0 Å². The van der Waals surface area contributed by atoms with E-state index in [0.717, 1.165) is 30.2 Å². The Balaban J connectivity index is 1.66. The lowest BCUT2D eigenvalue weighted by Gasteiger charge is -2.34. The zero-order chi connectivity index (χ0) is 16.7. The number of carbonyl (C=O) groups is 1. The van der Waals surface area contributed by atoms with Crippen LogP contribution in [0.2, 0.25) is 0 Å². The van der Waals surface area contributed by atoms with Gasteiger partial charge in [0.2, 0.25) is 5.91 Å². The molecule has 23 heavy (non-hydrogen) atoms. The van der Waals surface area contributed by atoms with Gasteiger partial charge >= 0.3 is 0 Å². The first-order valence-electron chi connectivity index (χ1n) is 8.41. The van der Waals surface area contributed by atoms with Crippen LogP contribution in [0.15, 0.2) is 35.4 Å². The molecule has 0 aromatic heterocycles. The molecule has 0 saturated heterocycles. The molecule has 0 spiro atoms. The smallest absolute Gasteiger partial charge is 0.250 e. The minimum absolute atomic E-state index is 0.00336. The van der Waals surface area contributed by atoms with Gasteiger partial charge in [-0.3, -0.25) is 4.79 Å². The van der Waals surface area contributed by atoms with Gasteiger partial charge in [-0.05, 0) is 42.6 Å². The Labute approximate surface area is 144 Å². The summed E-state index contributed by atoms with van der Waals surface area (Å²) in [6.45, 7) is 6.93. The highest BCUT2D eigenvalue weighted by Crippen LogP contribution is 2.36. The molecule has 1 aliphatic rings. The van der Waals surface area contributed by atoms with Gasteiger partial charge in [0.1, 0.15) is 0 Å². The fourth-order valence-corrected chi connectivity index (χ4v) is 3.72. The second-order valence-electron chi connectivity index (χ2n) is 7.33. The molecule has 126 valence electrons. The van der Waals surface area contributed by atoms with Crippen molar-refractivity contribution in [3.63, 3.8) is 0 Å². The van der Waals surface area contributed by atoms with E-state index in [0.29, 0.717) is 11.2 Å². The van der Waals surface area contributed by atoms with Crippen LogP contribution in [0.1, 0.15) is 52.0 Å². The van der Waals surface area contributed by atoms with Crippen molar-refractivity contribution in [2.45, 2.75) is 52.2 Å². The highest BCUT2D eigenvalue weighted by atomic mass is 32.2. The third-order valence-corrected chi connectivity index (χ3v) is 5.47. The fraction of sp³-hybridized carbons (Fsp3) is 0.579. The molecule has 0 aliphatic heterocycles. The number of benzene rings is 1. The van der Waals surface area contributed by atoms with Crippen molar-refractivity contribution in [3.05, 3.63) is 35.9 Å². The lowest BCUT2D eigenvalue weighted by atomic mass is 9.72. The number of rotatable bonds is 5. The van der Waals surface area contributed by atoms with E-state index in [4.69, 9.17) is 0 Å².